The van der Waals surface area contributed by atoms with Gasteiger partial charge in [0.2, 0.25) is 0 Å². The first-order chi connectivity index (χ1) is 11.8. The van der Waals surface area contributed by atoms with Gasteiger partial charge in [-0.3, -0.25) is 4.90 Å². The average Bonchev–Trinajstić information content (AvgIpc) is 3.25. The summed E-state index contributed by atoms with van der Waals surface area (Å²) in [5, 5.41) is 3.46. The van der Waals surface area contributed by atoms with Gasteiger partial charge in [-0.05, 0) is 43.5 Å². The second-order valence-corrected chi connectivity index (χ2v) is 6.94. The van der Waals surface area contributed by atoms with E-state index < -0.39 is 0 Å². The van der Waals surface area contributed by atoms with E-state index >= 15 is 0 Å². The fourth-order valence-corrected chi connectivity index (χ4v) is 4.17. The van der Waals surface area contributed by atoms with Gasteiger partial charge in [0, 0.05) is 37.9 Å². The number of ether oxygens (including phenoxy) is 1. The van der Waals surface area contributed by atoms with E-state index in [-0.39, 0.29) is 5.41 Å². The van der Waals surface area contributed by atoms with E-state index in [0.717, 1.165) is 63.6 Å². The minimum atomic E-state index is 0.257. The summed E-state index contributed by atoms with van der Waals surface area (Å²) in [5.74, 6) is 2.00. The van der Waals surface area contributed by atoms with E-state index in [1.54, 1.807) is 6.26 Å². The monoisotopic (exact) mass is 327 g/mol. The molecular formula is C19H25N3O2. The summed E-state index contributed by atoms with van der Waals surface area (Å²) in [6.45, 7) is 4.90. The molecule has 2 aliphatic rings. The topological polar surface area (TPSA) is 50.5 Å². The standard InChI is InChI=1S/C19H25N3O2/c1-2-9-20-18(5-1)21-10-7-19-8-13-24-17(19)6-11-22(15-19)14-16-4-3-12-23-16/h1-5,9,12,17H,6-8,10-11,13-15H2,(H,20,21)/t17-,19+/m0/s1. The van der Waals surface area contributed by atoms with Crippen LogP contribution >= 0.6 is 0 Å². The zero-order chi connectivity index (χ0) is 16.2. The lowest BCUT2D eigenvalue weighted by Gasteiger charge is -2.43. The van der Waals surface area contributed by atoms with Crippen molar-refractivity contribution >= 4 is 5.82 Å². The number of hydrogen-bond donors (Lipinski definition) is 1. The molecule has 5 nitrogen and oxygen atoms in total. The molecule has 2 fully saturated rings. The molecule has 2 aromatic heterocycles. The number of hydrogen-bond acceptors (Lipinski definition) is 5. The van der Waals surface area contributed by atoms with Crippen LogP contribution in [0, 0.1) is 5.41 Å². The number of likely N-dealkylation sites (tertiary alicyclic amines) is 1. The molecule has 0 aromatic carbocycles. The molecule has 4 heterocycles. The molecule has 0 bridgehead atoms. The number of rotatable bonds is 6. The third-order valence-electron chi connectivity index (χ3n) is 5.40. The van der Waals surface area contributed by atoms with Gasteiger partial charge in [-0.15, -0.1) is 0 Å². The number of fused-ring (bicyclic) bond motifs is 1. The number of piperidine rings is 1. The van der Waals surface area contributed by atoms with Crippen LogP contribution in [0.3, 0.4) is 0 Å². The Morgan fingerprint density at radius 3 is 3.12 bits per heavy atom. The molecule has 128 valence electrons. The van der Waals surface area contributed by atoms with Crippen molar-refractivity contribution < 1.29 is 9.15 Å². The summed E-state index contributed by atoms with van der Waals surface area (Å²) >= 11 is 0. The van der Waals surface area contributed by atoms with Crippen molar-refractivity contribution in [3.63, 3.8) is 0 Å². The fourth-order valence-electron chi connectivity index (χ4n) is 4.17. The van der Waals surface area contributed by atoms with Crippen LogP contribution in [-0.2, 0) is 11.3 Å². The molecule has 24 heavy (non-hydrogen) atoms. The van der Waals surface area contributed by atoms with E-state index in [4.69, 9.17) is 9.15 Å². The van der Waals surface area contributed by atoms with Gasteiger partial charge >= 0.3 is 0 Å². The van der Waals surface area contributed by atoms with Gasteiger partial charge in [-0.1, -0.05) is 6.07 Å². The van der Waals surface area contributed by atoms with E-state index in [9.17, 15) is 0 Å². The SMILES string of the molecule is c1ccc(NCC[C@]23CCO[C@H]2CCN(Cc2ccco2)C3)nc1. The smallest absolute Gasteiger partial charge is 0.125 e. The van der Waals surface area contributed by atoms with Gasteiger partial charge in [-0.2, -0.15) is 0 Å². The van der Waals surface area contributed by atoms with Crippen LogP contribution in [-0.4, -0.2) is 42.2 Å². The van der Waals surface area contributed by atoms with Gasteiger partial charge < -0.3 is 14.5 Å². The Morgan fingerprint density at radius 1 is 1.29 bits per heavy atom. The van der Waals surface area contributed by atoms with Crippen LogP contribution in [0.15, 0.2) is 47.2 Å². The molecule has 0 amide bonds. The summed E-state index contributed by atoms with van der Waals surface area (Å²) in [6, 6.07) is 10.0. The molecule has 0 aliphatic carbocycles. The zero-order valence-electron chi connectivity index (χ0n) is 14.0. The third-order valence-corrected chi connectivity index (χ3v) is 5.40. The van der Waals surface area contributed by atoms with Gasteiger partial charge in [0.15, 0.2) is 0 Å². The largest absolute Gasteiger partial charge is 0.468 e. The summed E-state index contributed by atoms with van der Waals surface area (Å²) in [5.41, 5.74) is 0.257. The van der Waals surface area contributed by atoms with Crippen molar-refractivity contribution in [2.75, 3.05) is 31.6 Å². The second-order valence-electron chi connectivity index (χ2n) is 6.94. The molecule has 0 spiro atoms. The fraction of sp³-hybridized carbons (Fsp3) is 0.526. The number of anilines is 1. The molecule has 2 atom stereocenters. The average molecular weight is 327 g/mol. The maximum absolute atomic E-state index is 6.05. The summed E-state index contributed by atoms with van der Waals surface area (Å²) in [7, 11) is 0. The van der Waals surface area contributed by atoms with Crippen molar-refractivity contribution in [1.82, 2.24) is 9.88 Å². The number of nitrogens with zero attached hydrogens (tertiary/aromatic N) is 2. The Balaban J connectivity index is 1.38. The lowest BCUT2D eigenvalue weighted by atomic mass is 9.74. The quantitative estimate of drug-likeness (QED) is 0.883. The molecule has 5 heteroatoms. The molecule has 4 rings (SSSR count). The van der Waals surface area contributed by atoms with Crippen LogP contribution in [0.4, 0.5) is 5.82 Å². The predicted octanol–water partition coefficient (Wildman–Crippen LogP) is 3.16. The highest BCUT2D eigenvalue weighted by molar-refractivity contribution is 5.32. The normalized spacial score (nSPS) is 27.1. The number of pyridine rings is 1. The van der Waals surface area contributed by atoms with Crippen LogP contribution in [0.25, 0.3) is 0 Å². The third kappa shape index (κ3) is 3.32. The number of aromatic nitrogens is 1. The summed E-state index contributed by atoms with van der Waals surface area (Å²) < 4.78 is 11.6. The van der Waals surface area contributed by atoms with Crippen LogP contribution in [0.5, 0.6) is 0 Å². The highest BCUT2D eigenvalue weighted by Gasteiger charge is 2.47. The molecule has 0 unspecified atom stereocenters. The van der Waals surface area contributed by atoms with Crippen molar-refractivity contribution in [3.8, 4) is 0 Å². The van der Waals surface area contributed by atoms with Crippen LogP contribution in [0.1, 0.15) is 25.0 Å². The van der Waals surface area contributed by atoms with E-state index in [2.05, 4.69) is 21.3 Å². The molecule has 1 N–H and O–H groups in total. The maximum Gasteiger partial charge on any atom is 0.125 e. The van der Waals surface area contributed by atoms with E-state index in [1.807, 2.05) is 30.5 Å². The Labute approximate surface area is 143 Å². The predicted molar refractivity (Wildman–Crippen MR) is 92.7 cm³/mol. The Morgan fingerprint density at radius 2 is 2.29 bits per heavy atom. The zero-order valence-corrected chi connectivity index (χ0v) is 14.0. The number of nitrogens with one attached hydrogen (secondary N) is 1. The van der Waals surface area contributed by atoms with Gasteiger partial charge in [0.25, 0.3) is 0 Å². The van der Waals surface area contributed by atoms with Crippen molar-refractivity contribution in [1.29, 1.82) is 0 Å². The minimum Gasteiger partial charge on any atom is -0.468 e. The van der Waals surface area contributed by atoms with E-state index in [1.165, 1.54) is 0 Å². The lowest BCUT2D eigenvalue weighted by molar-refractivity contribution is -0.0244. The van der Waals surface area contributed by atoms with Gasteiger partial charge in [-0.25, -0.2) is 4.98 Å². The molecule has 2 saturated heterocycles. The minimum absolute atomic E-state index is 0.257. The lowest BCUT2D eigenvalue weighted by Crippen LogP contribution is -2.49. The van der Waals surface area contributed by atoms with Crippen molar-refractivity contribution in [2.45, 2.75) is 31.9 Å². The molecule has 2 aromatic rings. The number of furan rings is 1. The first-order valence-corrected chi connectivity index (χ1v) is 8.85. The molecule has 0 saturated carbocycles. The highest BCUT2D eigenvalue weighted by atomic mass is 16.5. The van der Waals surface area contributed by atoms with E-state index in [0.29, 0.717) is 6.10 Å². The first kappa shape index (κ1) is 15.7. The van der Waals surface area contributed by atoms with Crippen LogP contribution < -0.4 is 5.32 Å². The maximum atomic E-state index is 6.05. The van der Waals surface area contributed by atoms with Gasteiger partial charge in [0.1, 0.15) is 11.6 Å². The Kier molecular flexibility index (Phi) is 4.54. The van der Waals surface area contributed by atoms with Gasteiger partial charge in [0.05, 0.1) is 18.9 Å². The summed E-state index contributed by atoms with van der Waals surface area (Å²) in [4.78, 5) is 6.86. The summed E-state index contributed by atoms with van der Waals surface area (Å²) in [6.07, 6.45) is 7.36. The Bertz CT molecular complexity index is 631. The Hall–Kier alpha value is -1.85. The molecular weight excluding hydrogens is 302 g/mol. The van der Waals surface area contributed by atoms with Crippen molar-refractivity contribution in [3.05, 3.63) is 48.6 Å². The first-order valence-electron chi connectivity index (χ1n) is 8.85. The second kappa shape index (κ2) is 6.95. The molecule has 0 radical (unpaired) electrons. The highest BCUT2D eigenvalue weighted by Crippen LogP contribution is 2.43. The van der Waals surface area contributed by atoms with Crippen molar-refractivity contribution in [2.24, 2.45) is 5.41 Å². The van der Waals surface area contributed by atoms with Crippen LogP contribution in [0.2, 0.25) is 0 Å². The molecule has 2 aliphatic heterocycles.